The number of hydrogen-bond donors (Lipinski definition) is 0. The van der Waals surface area contributed by atoms with Gasteiger partial charge in [0.1, 0.15) is 5.75 Å². The molecular formula is C17H24N2O3. The maximum Gasteiger partial charge on any atom is 0.267 e. The third-order valence-corrected chi connectivity index (χ3v) is 3.99. The quantitative estimate of drug-likeness (QED) is 0.838. The molecule has 5 nitrogen and oxygen atoms in total. The number of amides is 2. The van der Waals surface area contributed by atoms with E-state index < -0.39 is 6.10 Å². The van der Waals surface area contributed by atoms with Gasteiger partial charge in [-0.3, -0.25) is 9.59 Å². The number of carbonyl (C=O) groups excluding carboxylic acids is 2. The van der Waals surface area contributed by atoms with Gasteiger partial charge < -0.3 is 14.5 Å². The predicted molar refractivity (Wildman–Crippen MR) is 86.2 cm³/mol. The Bertz CT molecular complexity index is 571. The van der Waals surface area contributed by atoms with Crippen LogP contribution in [0.4, 0.5) is 5.69 Å². The van der Waals surface area contributed by atoms with E-state index in [4.69, 9.17) is 4.74 Å². The van der Waals surface area contributed by atoms with Crippen LogP contribution in [-0.4, -0.2) is 43.5 Å². The molecule has 0 saturated heterocycles. The monoisotopic (exact) mass is 304 g/mol. The number of likely N-dealkylation sites (N-methyl/N-ethyl adjacent to an activating group) is 2. The summed E-state index contributed by atoms with van der Waals surface area (Å²) < 4.78 is 5.59. The summed E-state index contributed by atoms with van der Waals surface area (Å²) in [7, 11) is 3.57. The molecule has 1 unspecified atom stereocenters. The third kappa shape index (κ3) is 3.40. The van der Waals surface area contributed by atoms with Crippen molar-refractivity contribution in [3.63, 3.8) is 0 Å². The molecular weight excluding hydrogens is 280 g/mol. The van der Waals surface area contributed by atoms with Crippen molar-refractivity contribution in [3.05, 3.63) is 23.8 Å². The first kappa shape index (κ1) is 16.3. The van der Waals surface area contributed by atoms with Crippen LogP contribution in [0.3, 0.4) is 0 Å². The molecule has 0 fully saturated rings. The molecule has 1 aromatic carbocycles. The first-order chi connectivity index (χ1) is 10.4. The highest BCUT2D eigenvalue weighted by Crippen LogP contribution is 2.34. The molecule has 0 bridgehead atoms. The third-order valence-electron chi connectivity index (χ3n) is 3.99. The number of fused-ring (bicyclic) bond motifs is 1. The van der Waals surface area contributed by atoms with E-state index in [0.29, 0.717) is 12.2 Å². The lowest BCUT2D eigenvalue weighted by Crippen LogP contribution is -2.42. The summed E-state index contributed by atoms with van der Waals surface area (Å²) in [4.78, 5) is 27.5. The van der Waals surface area contributed by atoms with Crippen LogP contribution in [-0.2, 0) is 16.0 Å². The minimum Gasteiger partial charge on any atom is -0.479 e. The standard InChI is InChI=1S/C17H24N2O3/c1-5-6-9-18(3)16(20)11-13-7-8-15-14(10-13)19(4)17(21)12(2)22-15/h7-8,10,12H,5-6,9,11H2,1-4H3. The first-order valence-electron chi connectivity index (χ1n) is 7.75. The number of hydrogen-bond acceptors (Lipinski definition) is 3. The maximum atomic E-state index is 12.2. The van der Waals surface area contributed by atoms with Gasteiger partial charge >= 0.3 is 0 Å². The van der Waals surface area contributed by atoms with Crippen LogP contribution in [0, 0.1) is 0 Å². The SMILES string of the molecule is CCCCN(C)C(=O)Cc1ccc2c(c1)N(C)C(=O)C(C)O2. The van der Waals surface area contributed by atoms with Crippen molar-refractivity contribution in [1.29, 1.82) is 0 Å². The number of carbonyl (C=O) groups is 2. The molecule has 1 heterocycles. The first-order valence-corrected chi connectivity index (χ1v) is 7.75. The maximum absolute atomic E-state index is 12.2. The van der Waals surface area contributed by atoms with Gasteiger partial charge in [-0.1, -0.05) is 19.4 Å². The Morgan fingerprint density at radius 2 is 2.14 bits per heavy atom. The number of rotatable bonds is 5. The lowest BCUT2D eigenvalue weighted by molar-refractivity contribution is -0.129. The van der Waals surface area contributed by atoms with E-state index in [-0.39, 0.29) is 11.8 Å². The van der Waals surface area contributed by atoms with E-state index in [9.17, 15) is 9.59 Å². The molecule has 0 saturated carbocycles. The van der Waals surface area contributed by atoms with E-state index >= 15 is 0 Å². The molecule has 120 valence electrons. The van der Waals surface area contributed by atoms with E-state index in [1.165, 1.54) is 0 Å². The van der Waals surface area contributed by atoms with Crippen molar-refractivity contribution >= 4 is 17.5 Å². The summed E-state index contributed by atoms with van der Waals surface area (Å²) in [6.45, 7) is 4.62. The van der Waals surface area contributed by atoms with Gasteiger partial charge in [0.2, 0.25) is 5.91 Å². The molecule has 2 rings (SSSR count). The number of ether oxygens (including phenoxy) is 1. The molecule has 0 radical (unpaired) electrons. The van der Waals surface area contributed by atoms with Crippen LogP contribution in [0.25, 0.3) is 0 Å². The van der Waals surface area contributed by atoms with Gasteiger partial charge in [0, 0.05) is 20.6 Å². The number of anilines is 1. The molecule has 0 spiro atoms. The highest BCUT2D eigenvalue weighted by Gasteiger charge is 2.29. The summed E-state index contributed by atoms with van der Waals surface area (Å²) in [5.41, 5.74) is 1.62. The summed E-state index contributed by atoms with van der Waals surface area (Å²) >= 11 is 0. The Balaban J connectivity index is 2.11. The Morgan fingerprint density at radius 3 is 2.82 bits per heavy atom. The zero-order valence-corrected chi connectivity index (χ0v) is 13.8. The van der Waals surface area contributed by atoms with Gasteiger partial charge in [0.05, 0.1) is 12.1 Å². The van der Waals surface area contributed by atoms with Crippen molar-refractivity contribution in [2.75, 3.05) is 25.5 Å². The van der Waals surface area contributed by atoms with Gasteiger partial charge in [-0.25, -0.2) is 0 Å². The molecule has 1 aliphatic heterocycles. The predicted octanol–water partition coefficient (Wildman–Crippen LogP) is 2.23. The fraction of sp³-hybridized carbons (Fsp3) is 0.529. The molecule has 22 heavy (non-hydrogen) atoms. The Labute approximate surface area is 131 Å². The van der Waals surface area contributed by atoms with Crippen LogP contribution in [0.15, 0.2) is 18.2 Å². The second-order valence-corrected chi connectivity index (χ2v) is 5.81. The van der Waals surface area contributed by atoms with Crippen LogP contribution in [0.1, 0.15) is 32.3 Å². The van der Waals surface area contributed by atoms with Gasteiger partial charge in [-0.05, 0) is 31.0 Å². The fourth-order valence-corrected chi connectivity index (χ4v) is 2.50. The summed E-state index contributed by atoms with van der Waals surface area (Å²) in [6.07, 6.45) is 1.95. The topological polar surface area (TPSA) is 49.9 Å². The largest absolute Gasteiger partial charge is 0.479 e. The van der Waals surface area contributed by atoms with Gasteiger partial charge in [0.25, 0.3) is 5.91 Å². The van der Waals surface area contributed by atoms with Crippen molar-refractivity contribution < 1.29 is 14.3 Å². The highest BCUT2D eigenvalue weighted by atomic mass is 16.5. The number of unbranched alkanes of at least 4 members (excludes halogenated alkanes) is 1. The molecule has 2 amide bonds. The molecule has 1 aliphatic rings. The smallest absolute Gasteiger partial charge is 0.267 e. The zero-order chi connectivity index (χ0) is 16.3. The van der Waals surface area contributed by atoms with E-state index in [0.717, 1.165) is 30.6 Å². The molecule has 0 aromatic heterocycles. The lowest BCUT2D eigenvalue weighted by Gasteiger charge is -2.30. The van der Waals surface area contributed by atoms with Crippen molar-refractivity contribution in [2.24, 2.45) is 0 Å². The zero-order valence-electron chi connectivity index (χ0n) is 13.8. The lowest BCUT2D eigenvalue weighted by atomic mass is 10.1. The molecule has 5 heteroatoms. The average molecular weight is 304 g/mol. The van der Waals surface area contributed by atoms with Gasteiger partial charge in [-0.15, -0.1) is 0 Å². The van der Waals surface area contributed by atoms with Gasteiger partial charge in [-0.2, -0.15) is 0 Å². The fourth-order valence-electron chi connectivity index (χ4n) is 2.50. The van der Waals surface area contributed by atoms with Crippen LogP contribution < -0.4 is 9.64 Å². The second kappa shape index (κ2) is 6.81. The van der Waals surface area contributed by atoms with E-state index in [1.807, 2.05) is 25.2 Å². The molecule has 1 aromatic rings. The molecule has 0 N–H and O–H groups in total. The normalized spacial score (nSPS) is 17.0. The van der Waals surface area contributed by atoms with Crippen molar-refractivity contribution in [1.82, 2.24) is 4.90 Å². The van der Waals surface area contributed by atoms with Crippen LogP contribution in [0.5, 0.6) is 5.75 Å². The average Bonchev–Trinajstić information content (AvgIpc) is 2.51. The van der Waals surface area contributed by atoms with E-state index in [2.05, 4.69) is 6.92 Å². The van der Waals surface area contributed by atoms with Gasteiger partial charge in [0.15, 0.2) is 6.10 Å². The Hall–Kier alpha value is -2.04. The van der Waals surface area contributed by atoms with Crippen molar-refractivity contribution in [3.8, 4) is 5.75 Å². The van der Waals surface area contributed by atoms with Crippen LogP contribution in [0.2, 0.25) is 0 Å². The second-order valence-electron chi connectivity index (χ2n) is 5.81. The van der Waals surface area contributed by atoms with Crippen LogP contribution >= 0.6 is 0 Å². The molecule has 0 aliphatic carbocycles. The highest BCUT2D eigenvalue weighted by molar-refractivity contribution is 5.99. The Kier molecular flexibility index (Phi) is 5.06. The summed E-state index contributed by atoms with van der Waals surface area (Å²) in [6, 6.07) is 5.59. The molecule has 1 atom stereocenters. The minimum absolute atomic E-state index is 0.0731. The van der Waals surface area contributed by atoms with E-state index in [1.54, 1.807) is 23.8 Å². The summed E-state index contributed by atoms with van der Waals surface area (Å²) in [5, 5.41) is 0. The Morgan fingerprint density at radius 1 is 1.41 bits per heavy atom. The minimum atomic E-state index is -0.467. The number of benzene rings is 1. The summed E-state index contributed by atoms with van der Waals surface area (Å²) in [5.74, 6) is 0.702. The number of nitrogens with zero attached hydrogens (tertiary/aromatic N) is 2. The van der Waals surface area contributed by atoms with Crippen molar-refractivity contribution in [2.45, 2.75) is 39.2 Å².